The standard InChI is InChI=1S/C12H13BrN2O/c13-10-2-1-9(8-14)12(7-10)15(5-6-16)11-3-4-11/h1-2,7,11,16H,3-6H2. The number of benzene rings is 1. The first kappa shape index (κ1) is 11.4. The second kappa shape index (κ2) is 4.86. The van der Waals surface area contributed by atoms with Crippen molar-refractivity contribution in [1.82, 2.24) is 0 Å². The third kappa shape index (κ3) is 2.37. The quantitative estimate of drug-likeness (QED) is 0.921. The highest BCUT2D eigenvalue weighted by Gasteiger charge is 2.30. The molecule has 0 saturated heterocycles. The molecule has 0 atom stereocenters. The maximum Gasteiger partial charge on any atom is 0.101 e. The van der Waals surface area contributed by atoms with Gasteiger partial charge in [-0.15, -0.1) is 0 Å². The van der Waals surface area contributed by atoms with Crippen LogP contribution in [0.2, 0.25) is 0 Å². The first-order chi connectivity index (χ1) is 7.76. The van der Waals surface area contributed by atoms with E-state index in [2.05, 4.69) is 26.9 Å². The Morgan fingerprint density at radius 2 is 2.25 bits per heavy atom. The number of aliphatic hydroxyl groups is 1. The lowest BCUT2D eigenvalue weighted by molar-refractivity contribution is 0.301. The molecule has 0 heterocycles. The second-order valence-electron chi connectivity index (χ2n) is 3.92. The van der Waals surface area contributed by atoms with Gasteiger partial charge >= 0.3 is 0 Å². The molecule has 1 aliphatic carbocycles. The third-order valence-electron chi connectivity index (χ3n) is 2.72. The Kier molecular flexibility index (Phi) is 3.47. The van der Waals surface area contributed by atoms with Crippen molar-refractivity contribution in [2.24, 2.45) is 0 Å². The summed E-state index contributed by atoms with van der Waals surface area (Å²) in [5.74, 6) is 0. The number of hydrogen-bond donors (Lipinski definition) is 1. The lowest BCUT2D eigenvalue weighted by atomic mass is 10.1. The monoisotopic (exact) mass is 280 g/mol. The topological polar surface area (TPSA) is 47.3 Å². The van der Waals surface area contributed by atoms with E-state index < -0.39 is 0 Å². The van der Waals surface area contributed by atoms with Gasteiger partial charge < -0.3 is 10.0 Å². The summed E-state index contributed by atoms with van der Waals surface area (Å²) in [4.78, 5) is 2.13. The Balaban J connectivity index is 2.35. The van der Waals surface area contributed by atoms with Gasteiger partial charge in [0.25, 0.3) is 0 Å². The van der Waals surface area contributed by atoms with Crippen LogP contribution in [-0.4, -0.2) is 24.3 Å². The fraction of sp³-hybridized carbons (Fsp3) is 0.417. The summed E-state index contributed by atoms with van der Waals surface area (Å²) < 4.78 is 0.963. The van der Waals surface area contributed by atoms with Gasteiger partial charge in [-0.3, -0.25) is 0 Å². The van der Waals surface area contributed by atoms with E-state index in [1.165, 1.54) is 0 Å². The van der Waals surface area contributed by atoms with Crippen LogP contribution in [0.5, 0.6) is 0 Å². The molecule has 3 nitrogen and oxygen atoms in total. The van der Waals surface area contributed by atoms with Crippen LogP contribution in [0.3, 0.4) is 0 Å². The molecule has 84 valence electrons. The summed E-state index contributed by atoms with van der Waals surface area (Å²) in [5.41, 5.74) is 1.59. The molecular formula is C12H13BrN2O. The Morgan fingerprint density at radius 1 is 1.50 bits per heavy atom. The normalized spacial score (nSPS) is 14.6. The molecule has 16 heavy (non-hydrogen) atoms. The van der Waals surface area contributed by atoms with Gasteiger partial charge in [0.15, 0.2) is 0 Å². The van der Waals surface area contributed by atoms with E-state index in [0.29, 0.717) is 18.2 Å². The molecular weight excluding hydrogens is 268 g/mol. The summed E-state index contributed by atoms with van der Waals surface area (Å²) in [6.07, 6.45) is 2.30. The van der Waals surface area contributed by atoms with E-state index in [1.807, 2.05) is 18.2 Å². The zero-order chi connectivity index (χ0) is 11.5. The number of aliphatic hydroxyl groups excluding tert-OH is 1. The van der Waals surface area contributed by atoms with Gasteiger partial charge in [-0.1, -0.05) is 15.9 Å². The van der Waals surface area contributed by atoms with E-state index in [4.69, 9.17) is 10.4 Å². The summed E-state index contributed by atoms with van der Waals surface area (Å²) in [6.45, 7) is 0.712. The lowest BCUT2D eigenvalue weighted by Gasteiger charge is -2.24. The highest BCUT2D eigenvalue weighted by Crippen LogP contribution is 2.34. The Hall–Kier alpha value is -1.05. The van der Waals surface area contributed by atoms with E-state index in [-0.39, 0.29) is 6.61 Å². The molecule has 1 aromatic carbocycles. The zero-order valence-corrected chi connectivity index (χ0v) is 10.4. The van der Waals surface area contributed by atoms with E-state index in [9.17, 15) is 0 Å². The van der Waals surface area contributed by atoms with Crippen molar-refractivity contribution in [2.75, 3.05) is 18.1 Å². The number of nitrogens with zero attached hydrogens (tertiary/aromatic N) is 2. The SMILES string of the molecule is N#Cc1ccc(Br)cc1N(CCO)C1CC1. The maximum atomic E-state index is 9.07. The van der Waals surface area contributed by atoms with Gasteiger partial charge in [0.2, 0.25) is 0 Å². The largest absolute Gasteiger partial charge is 0.395 e. The first-order valence-electron chi connectivity index (χ1n) is 5.33. The van der Waals surface area contributed by atoms with Crippen molar-refractivity contribution < 1.29 is 5.11 Å². The van der Waals surface area contributed by atoms with Gasteiger partial charge in [-0.05, 0) is 31.0 Å². The van der Waals surface area contributed by atoms with Crippen molar-refractivity contribution in [3.05, 3.63) is 28.2 Å². The van der Waals surface area contributed by atoms with Crippen molar-refractivity contribution >= 4 is 21.6 Å². The minimum absolute atomic E-state index is 0.119. The summed E-state index contributed by atoms with van der Waals surface area (Å²) >= 11 is 3.42. The average molecular weight is 281 g/mol. The third-order valence-corrected chi connectivity index (χ3v) is 3.21. The van der Waals surface area contributed by atoms with Crippen LogP contribution < -0.4 is 4.90 Å². The molecule has 1 saturated carbocycles. The van der Waals surface area contributed by atoms with Gasteiger partial charge in [-0.25, -0.2) is 0 Å². The van der Waals surface area contributed by atoms with Crippen LogP contribution in [0.1, 0.15) is 18.4 Å². The molecule has 1 aliphatic rings. The summed E-state index contributed by atoms with van der Waals surface area (Å²) in [5, 5.41) is 18.1. The minimum atomic E-state index is 0.119. The van der Waals surface area contributed by atoms with Gasteiger partial charge in [0.05, 0.1) is 17.9 Å². The zero-order valence-electron chi connectivity index (χ0n) is 8.86. The van der Waals surface area contributed by atoms with Crippen LogP contribution in [0.25, 0.3) is 0 Å². The van der Waals surface area contributed by atoms with Crippen LogP contribution >= 0.6 is 15.9 Å². The molecule has 0 bridgehead atoms. The van der Waals surface area contributed by atoms with Crippen molar-refractivity contribution in [3.8, 4) is 6.07 Å². The molecule has 0 radical (unpaired) electrons. The molecule has 1 aromatic rings. The maximum absolute atomic E-state index is 9.07. The summed E-state index contributed by atoms with van der Waals surface area (Å²) in [6, 6.07) is 8.32. The smallest absolute Gasteiger partial charge is 0.101 e. The van der Waals surface area contributed by atoms with E-state index in [1.54, 1.807) is 0 Å². The van der Waals surface area contributed by atoms with Crippen molar-refractivity contribution in [2.45, 2.75) is 18.9 Å². The van der Waals surface area contributed by atoms with Gasteiger partial charge in [0.1, 0.15) is 6.07 Å². The second-order valence-corrected chi connectivity index (χ2v) is 4.84. The highest BCUT2D eigenvalue weighted by molar-refractivity contribution is 9.10. The predicted molar refractivity (Wildman–Crippen MR) is 66.3 cm³/mol. The van der Waals surface area contributed by atoms with Crippen LogP contribution in [-0.2, 0) is 0 Å². The number of nitriles is 1. The van der Waals surface area contributed by atoms with Crippen LogP contribution in [0, 0.1) is 11.3 Å². The number of rotatable bonds is 4. The Labute approximate surface area is 103 Å². The molecule has 2 rings (SSSR count). The van der Waals surface area contributed by atoms with E-state index >= 15 is 0 Å². The molecule has 0 amide bonds. The molecule has 4 heteroatoms. The molecule has 0 aliphatic heterocycles. The number of halogens is 1. The van der Waals surface area contributed by atoms with E-state index in [0.717, 1.165) is 23.0 Å². The Morgan fingerprint density at radius 3 is 2.81 bits per heavy atom. The fourth-order valence-electron chi connectivity index (χ4n) is 1.83. The highest BCUT2D eigenvalue weighted by atomic mass is 79.9. The van der Waals surface area contributed by atoms with Gasteiger partial charge in [-0.2, -0.15) is 5.26 Å². The number of anilines is 1. The first-order valence-corrected chi connectivity index (χ1v) is 6.12. The Bertz CT molecular complexity index is 424. The van der Waals surface area contributed by atoms with Crippen molar-refractivity contribution in [3.63, 3.8) is 0 Å². The van der Waals surface area contributed by atoms with Crippen LogP contribution in [0.4, 0.5) is 5.69 Å². The van der Waals surface area contributed by atoms with Crippen molar-refractivity contribution in [1.29, 1.82) is 5.26 Å². The predicted octanol–water partition coefficient (Wildman–Crippen LogP) is 2.28. The van der Waals surface area contributed by atoms with Crippen LogP contribution in [0.15, 0.2) is 22.7 Å². The number of hydrogen-bond acceptors (Lipinski definition) is 3. The minimum Gasteiger partial charge on any atom is -0.395 e. The molecule has 0 unspecified atom stereocenters. The fourth-order valence-corrected chi connectivity index (χ4v) is 2.18. The molecule has 1 fully saturated rings. The van der Waals surface area contributed by atoms with Gasteiger partial charge in [0, 0.05) is 17.1 Å². The lowest BCUT2D eigenvalue weighted by Crippen LogP contribution is -2.29. The molecule has 1 N–H and O–H groups in total. The average Bonchev–Trinajstić information content (AvgIpc) is 3.10. The molecule has 0 aromatic heterocycles. The molecule has 0 spiro atoms. The summed E-state index contributed by atoms with van der Waals surface area (Å²) in [7, 11) is 0.